The number of aliphatic hydroxyl groups excluding tert-OH is 1. The van der Waals surface area contributed by atoms with Crippen molar-refractivity contribution in [2.24, 2.45) is 0 Å². The molecule has 2 aromatic rings. The van der Waals surface area contributed by atoms with Crippen molar-refractivity contribution in [1.29, 1.82) is 0 Å². The Morgan fingerprint density at radius 2 is 2.26 bits per heavy atom. The fourth-order valence-electron chi connectivity index (χ4n) is 2.85. The molecule has 4 heteroatoms. The van der Waals surface area contributed by atoms with Crippen LogP contribution in [0.1, 0.15) is 29.0 Å². The Hall–Kier alpha value is -1.65. The first-order chi connectivity index (χ1) is 9.23. The molecule has 1 aliphatic carbocycles. The quantitative estimate of drug-likeness (QED) is 0.879. The molecule has 1 aromatic heterocycles. The van der Waals surface area contributed by atoms with Crippen LogP contribution in [0, 0.1) is 6.92 Å². The van der Waals surface area contributed by atoms with E-state index in [0.29, 0.717) is 6.54 Å². The van der Waals surface area contributed by atoms with Crippen molar-refractivity contribution in [1.82, 2.24) is 10.5 Å². The summed E-state index contributed by atoms with van der Waals surface area (Å²) < 4.78 is 5.06. The fraction of sp³-hybridized carbons (Fsp3) is 0.400. The summed E-state index contributed by atoms with van der Waals surface area (Å²) in [6, 6.07) is 10.2. The number of rotatable bonds is 4. The van der Waals surface area contributed by atoms with Crippen molar-refractivity contribution in [3.63, 3.8) is 0 Å². The lowest BCUT2D eigenvalue weighted by molar-refractivity contribution is 0.158. The predicted octanol–water partition coefficient (Wildman–Crippen LogP) is 1.91. The summed E-state index contributed by atoms with van der Waals surface area (Å²) in [6.45, 7) is 2.58. The Labute approximate surface area is 112 Å². The molecule has 1 heterocycles. The van der Waals surface area contributed by atoms with Gasteiger partial charge in [0.25, 0.3) is 0 Å². The van der Waals surface area contributed by atoms with Gasteiger partial charge in [0, 0.05) is 12.6 Å². The van der Waals surface area contributed by atoms with Gasteiger partial charge in [0.15, 0.2) is 0 Å². The van der Waals surface area contributed by atoms with E-state index in [1.807, 2.05) is 25.1 Å². The predicted molar refractivity (Wildman–Crippen MR) is 71.6 cm³/mol. The molecule has 0 radical (unpaired) electrons. The van der Waals surface area contributed by atoms with Crippen LogP contribution in [0.2, 0.25) is 0 Å². The maximum atomic E-state index is 9.84. The first kappa shape index (κ1) is 12.4. The monoisotopic (exact) mass is 258 g/mol. The molecule has 1 atom stereocenters. The molecule has 100 valence electrons. The zero-order valence-corrected chi connectivity index (χ0v) is 11.0. The standard InChI is InChI=1S/C15H18N2O2/c1-11-8-13(17-19-11)9-16-15(10-18)7-6-12-4-2-3-5-14(12)15/h2-5,8,16,18H,6-7,9-10H2,1H3. The van der Waals surface area contributed by atoms with Crippen LogP contribution >= 0.6 is 0 Å². The summed E-state index contributed by atoms with van der Waals surface area (Å²) in [5.41, 5.74) is 3.05. The van der Waals surface area contributed by atoms with E-state index in [-0.39, 0.29) is 12.1 Å². The number of aryl methyl sites for hydroxylation is 2. The van der Waals surface area contributed by atoms with Crippen molar-refractivity contribution in [2.75, 3.05) is 6.61 Å². The van der Waals surface area contributed by atoms with E-state index >= 15 is 0 Å². The zero-order valence-electron chi connectivity index (χ0n) is 11.0. The smallest absolute Gasteiger partial charge is 0.133 e. The maximum Gasteiger partial charge on any atom is 0.133 e. The number of hydrogen-bond donors (Lipinski definition) is 2. The summed E-state index contributed by atoms with van der Waals surface area (Å²) in [5, 5.41) is 17.3. The molecule has 0 amide bonds. The number of hydrogen-bond acceptors (Lipinski definition) is 4. The lowest BCUT2D eigenvalue weighted by Gasteiger charge is -2.29. The van der Waals surface area contributed by atoms with Crippen LogP contribution in [0.4, 0.5) is 0 Å². The first-order valence-electron chi connectivity index (χ1n) is 6.60. The summed E-state index contributed by atoms with van der Waals surface area (Å²) >= 11 is 0. The summed E-state index contributed by atoms with van der Waals surface area (Å²) in [6.07, 6.45) is 1.92. The molecule has 2 N–H and O–H groups in total. The van der Waals surface area contributed by atoms with E-state index in [4.69, 9.17) is 4.52 Å². The number of nitrogens with one attached hydrogen (secondary N) is 1. The third-order valence-corrected chi connectivity index (χ3v) is 3.91. The number of nitrogens with zero attached hydrogens (tertiary/aromatic N) is 1. The SMILES string of the molecule is Cc1cc(CNC2(CO)CCc3ccccc32)no1. The van der Waals surface area contributed by atoms with Gasteiger partial charge < -0.3 is 9.63 Å². The summed E-state index contributed by atoms with van der Waals surface area (Å²) in [5.74, 6) is 0.807. The van der Waals surface area contributed by atoms with Crippen LogP contribution in [0.3, 0.4) is 0 Å². The van der Waals surface area contributed by atoms with E-state index < -0.39 is 0 Å². The van der Waals surface area contributed by atoms with Gasteiger partial charge in [0.2, 0.25) is 0 Å². The molecule has 0 saturated heterocycles. The topological polar surface area (TPSA) is 58.3 Å². The zero-order chi connectivity index (χ0) is 13.3. The highest BCUT2D eigenvalue weighted by atomic mass is 16.5. The van der Waals surface area contributed by atoms with Gasteiger partial charge in [-0.2, -0.15) is 0 Å². The van der Waals surface area contributed by atoms with Crippen molar-refractivity contribution >= 4 is 0 Å². The molecule has 1 aliphatic rings. The van der Waals surface area contributed by atoms with E-state index in [1.165, 1.54) is 11.1 Å². The Kier molecular flexibility index (Phi) is 3.12. The molecule has 0 spiro atoms. The Bertz CT molecular complexity index is 579. The van der Waals surface area contributed by atoms with Crippen molar-refractivity contribution < 1.29 is 9.63 Å². The van der Waals surface area contributed by atoms with Crippen LogP contribution in [0.25, 0.3) is 0 Å². The van der Waals surface area contributed by atoms with Crippen LogP contribution in [0.5, 0.6) is 0 Å². The summed E-state index contributed by atoms with van der Waals surface area (Å²) in [4.78, 5) is 0. The molecule has 3 rings (SSSR count). The van der Waals surface area contributed by atoms with E-state index in [1.54, 1.807) is 0 Å². The second-order valence-corrected chi connectivity index (χ2v) is 5.18. The van der Waals surface area contributed by atoms with Gasteiger partial charge in [-0.05, 0) is 30.9 Å². The van der Waals surface area contributed by atoms with Gasteiger partial charge in [-0.1, -0.05) is 29.4 Å². The average Bonchev–Trinajstić information content (AvgIpc) is 3.01. The molecule has 0 aliphatic heterocycles. The van der Waals surface area contributed by atoms with Crippen LogP contribution in [0.15, 0.2) is 34.9 Å². The highest BCUT2D eigenvalue weighted by molar-refractivity contribution is 5.38. The fourth-order valence-corrected chi connectivity index (χ4v) is 2.85. The molecular formula is C15H18N2O2. The largest absolute Gasteiger partial charge is 0.394 e. The average molecular weight is 258 g/mol. The molecule has 0 bridgehead atoms. The van der Waals surface area contributed by atoms with Crippen LogP contribution < -0.4 is 5.32 Å². The number of aliphatic hydroxyl groups is 1. The maximum absolute atomic E-state index is 9.84. The second kappa shape index (κ2) is 4.79. The Balaban J connectivity index is 1.81. The normalized spacial score (nSPS) is 21.6. The highest BCUT2D eigenvalue weighted by Crippen LogP contribution is 2.36. The first-order valence-corrected chi connectivity index (χ1v) is 6.60. The Morgan fingerprint density at radius 1 is 1.42 bits per heavy atom. The molecule has 0 fully saturated rings. The van der Waals surface area contributed by atoms with Gasteiger partial charge >= 0.3 is 0 Å². The van der Waals surface area contributed by atoms with Gasteiger partial charge in [-0.3, -0.25) is 5.32 Å². The minimum Gasteiger partial charge on any atom is -0.394 e. The molecule has 0 saturated carbocycles. The molecule has 1 aromatic carbocycles. The summed E-state index contributed by atoms with van der Waals surface area (Å²) in [7, 11) is 0. The number of aromatic nitrogens is 1. The second-order valence-electron chi connectivity index (χ2n) is 5.18. The van der Waals surface area contributed by atoms with Crippen LogP contribution in [-0.2, 0) is 18.5 Å². The third kappa shape index (κ3) is 2.17. The van der Waals surface area contributed by atoms with Gasteiger partial charge in [0.1, 0.15) is 5.76 Å². The molecular weight excluding hydrogens is 240 g/mol. The van der Waals surface area contributed by atoms with Gasteiger partial charge in [-0.25, -0.2) is 0 Å². The minimum absolute atomic E-state index is 0.0981. The lowest BCUT2D eigenvalue weighted by atomic mass is 9.92. The van der Waals surface area contributed by atoms with Crippen molar-refractivity contribution in [3.05, 3.63) is 52.9 Å². The van der Waals surface area contributed by atoms with E-state index in [0.717, 1.165) is 24.3 Å². The van der Waals surface area contributed by atoms with E-state index in [9.17, 15) is 5.11 Å². The van der Waals surface area contributed by atoms with E-state index in [2.05, 4.69) is 22.6 Å². The lowest BCUT2D eigenvalue weighted by Crippen LogP contribution is -2.43. The van der Waals surface area contributed by atoms with Crippen molar-refractivity contribution in [3.8, 4) is 0 Å². The minimum atomic E-state index is -0.344. The van der Waals surface area contributed by atoms with Gasteiger partial charge in [-0.15, -0.1) is 0 Å². The molecule has 4 nitrogen and oxygen atoms in total. The molecule has 1 unspecified atom stereocenters. The Morgan fingerprint density at radius 3 is 3.00 bits per heavy atom. The van der Waals surface area contributed by atoms with Gasteiger partial charge in [0.05, 0.1) is 17.8 Å². The third-order valence-electron chi connectivity index (χ3n) is 3.91. The highest BCUT2D eigenvalue weighted by Gasteiger charge is 2.37. The van der Waals surface area contributed by atoms with Crippen molar-refractivity contribution in [2.45, 2.75) is 31.8 Å². The number of fused-ring (bicyclic) bond motifs is 1. The molecule has 19 heavy (non-hydrogen) atoms. The van der Waals surface area contributed by atoms with Crippen LogP contribution in [-0.4, -0.2) is 16.9 Å². The number of benzene rings is 1.